The Balaban J connectivity index is 2.50. The van der Waals surface area contributed by atoms with Crippen molar-refractivity contribution in [2.75, 3.05) is 11.9 Å². The molecule has 0 aliphatic rings. The molecule has 0 atom stereocenters. The molecular weight excluding hydrogens is 304 g/mol. The topological polar surface area (TPSA) is 26.3 Å². The average Bonchev–Trinajstić information content (AvgIpc) is 2.45. The van der Waals surface area contributed by atoms with Crippen molar-refractivity contribution in [1.29, 1.82) is 0 Å². The SMILES string of the molecule is CCCCCCOc1ccccc1C(=O)CCCBr. The van der Waals surface area contributed by atoms with Crippen molar-refractivity contribution in [3.63, 3.8) is 0 Å². The summed E-state index contributed by atoms with van der Waals surface area (Å²) in [6.45, 7) is 2.89. The third-order valence-electron chi connectivity index (χ3n) is 2.98. The standard InChI is InChI=1S/C16H23BrO2/c1-2-3-4-7-13-19-16-11-6-5-9-14(16)15(18)10-8-12-17/h5-6,9,11H,2-4,7-8,10,12-13H2,1H3. The van der Waals surface area contributed by atoms with Crippen molar-refractivity contribution < 1.29 is 9.53 Å². The molecule has 0 heterocycles. The van der Waals surface area contributed by atoms with E-state index in [2.05, 4.69) is 22.9 Å². The van der Waals surface area contributed by atoms with Crippen LogP contribution in [0.15, 0.2) is 24.3 Å². The molecule has 1 aromatic rings. The molecule has 0 spiro atoms. The van der Waals surface area contributed by atoms with Gasteiger partial charge in [0.15, 0.2) is 5.78 Å². The minimum atomic E-state index is 0.170. The smallest absolute Gasteiger partial charge is 0.166 e. The number of unbranched alkanes of at least 4 members (excludes halogenated alkanes) is 3. The van der Waals surface area contributed by atoms with Crippen LogP contribution >= 0.6 is 15.9 Å². The van der Waals surface area contributed by atoms with Crippen LogP contribution in [-0.2, 0) is 0 Å². The highest BCUT2D eigenvalue weighted by molar-refractivity contribution is 9.09. The second-order valence-corrected chi connectivity index (χ2v) is 5.41. The summed E-state index contributed by atoms with van der Waals surface area (Å²) < 4.78 is 5.75. The molecule has 0 aromatic heterocycles. The molecule has 0 radical (unpaired) electrons. The van der Waals surface area contributed by atoms with E-state index < -0.39 is 0 Å². The molecule has 0 saturated heterocycles. The molecule has 0 bridgehead atoms. The van der Waals surface area contributed by atoms with Gasteiger partial charge in [0.25, 0.3) is 0 Å². The molecule has 2 nitrogen and oxygen atoms in total. The number of hydrogen-bond donors (Lipinski definition) is 0. The van der Waals surface area contributed by atoms with Gasteiger partial charge in [-0.25, -0.2) is 0 Å². The van der Waals surface area contributed by atoms with Crippen LogP contribution in [0.4, 0.5) is 0 Å². The second-order valence-electron chi connectivity index (χ2n) is 4.62. The monoisotopic (exact) mass is 326 g/mol. The van der Waals surface area contributed by atoms with Gasteiger partial charge in [0.05, 0.1) is 12.2 Å². The van der Waals surface area contributed by atoms with Gasteiger partial charge in [0.2, 0.25) is 0 Å². The molecule has 1 rings (SSSR count). The number of carbonyl (C=O) groups is 1. The van der Waals surface area contributed by atoms with Gasteiger partial charge >= 0.3 is 0 Å². The fourth-order valence-corrected chi connectivity index (χ4v) is 2.18. The number of hydrogen-bond acceptors (Lipinski definition) is 2. The first-order chi connectivity index (χ1) is 9.29. The van der Waals surface area contributed by atoms with E-state index in [1.54, 1.807) is 0 Å². The van der Waals surface area contributed by atoms with Crippen LogP contribution in [0.5, 0.6) is 5.75 Å². The average molecular weight is 327 g/mol. The third-order valence-corrected chi connectivity index (χ3v) is 3.54. The predicted octanol–water partition coefficient (Wildman–Crippen LogP) is 5.00. The number of para-hydroxylation sites is 1. The first-order valence-corrected chi connectivity index (χ1v) is 8.22. The molecule has 19 heavy (non-hydrogen) atoms. The van der Waals surface area contributed by atoms with E-state index in [0.29, 0.717) is 13.0 Å². The molecule has 0 N–H and O–H groups in total. The van der Waals surface area contributed by atoms with Crippen molar-refractivity contribution in [3.05, 3.63) is 29.8 Å². The van der Waals surface area contributed by atoms with Crippen LogP contribution < -0.4 is 4.74 Å². The third kappa shape index (κ3) is 6.24. The van der Waals surface area contributed by atoms with Gasteiger partial charge in [-0.3, -0.25) is 4.79 Å². The van der Waals surface area contributed by atoms with Gasteiger partial charge in [-0.1, -0.05) is 54.2 Å². The molecule has 1 aromatic carbocycles. The van der Waals surface area contributed by atoms with Crippen molar-refractivity contribution in [2.24, 2.45) is 0 Å². The summed E-state index contributed by atoms with van der Waals surface area (Å²) in [5.41, 5.74) is 0.721. The van der Waals surface area contributed by atoms with Gasteiger partial charge in [-0.2, -0.15) is 0 Å². The Morgan fingerprint density at radius 2 is 1.95 bits per heavy atom. The maximum Gasteiger partial charge on any atom is 0.166 e. The summed E-state index contributed by atoms with van der Waals surface area (Å²) >= 11 is 3.35. The Labute approximate surface area is 124 Å². The number of rotatable bonds is 10. The molecule has 0 aliphatic carbocycles. The highest BCUT2D eigenvalue weighted by Crippen LogP contribution is 2.20. The minimum absolute atomic E-state index is 0.170. The summed E-state index contributed by atoms with van der Waals surface area (Å²) in [5, 5.41) is 0.860. The quantitative estimate of drug-likeness (QED) is 0.343. The zero-order valence-electron chi connectivity index (χ0n) is 11.7. The zero-order chi connectivity index (χ0) is 13.9. The fourth-order valence-electron chi connectivity index (χ4n) is 1.90. The maximum absolute atomic E-state index is 12.1. The normalized spacial score (nSPS) is 10.4. The van der Waals surface area contributed by atoms with E-state index in [0.717, 1.165) is 29.5 Å². The van der Waals surface area contributed by atoms with Gasteiger partial charge < -0.3 is 4.74 Å². The molecule has 0 aliphatic heterocycles. The summed E-state index contributed by atoms with van der Waals surface area (Å²) in [4.78, 5) is 12.1. The van der Waals surface area contributed by atoms with E-state index in [9.17, 15) is 4.79 Å². The summed E-state index contributed by atoms with van der Waals surface area (Å²) in [6, 6.07) is 7.56. The molecular formula is C16H23BrO2. The zero-order valence-corrected chi connectivity index (χ0v) is 13.2. The number of alkyl halides is 1. The number of ketones is 1. The lowest BCUT2D eigenvalue weighted by Crippen LogP contribution is -2.05. The van der Waals surface area contributed by atoms with Crippen LogP contribution in [-0.4, -0.2) is 17.7 Å². The first-order valence-electron chi connectivity index (χ1n) is 7.10. The van der Waals surface area contributed by atoms with E-state index in [1.807, 2.05) is 24.3 Å². The van der Waals surface area contributed by atoms with Crippen LogP contribution in [0, 0.1) is 0 Å². The maximum atomic E-state index is 12.1. The van der Waals surface area contributed by atoms with Crippen molar-refractivity contribution in [3.8, 4) is 5.75 Å². The van der Waals surface area contributed by atoms with Crippen molar-refractivity contribution >= 4 is 21.7 Å². The van der Waals surface area contributed by atoms with E-state index in [-0.39, 0.29) is 5.78 Å². The Kier molecular flexibility index (Phi) is 8.55. The largest absolute Gasteiger partial charge is 0.493 e. The van der Waals surface area contributed by atoms with Gasteiger partial charge in [0, 0.05) is 11.8 Å². The molecule has 3 heteroatoms. The van der Waals surface area contributed by atoms with Crippen molar-refractivity contribution in [1.82, 2.24) is 0 Å². The van der Waals surface area contributed by atoms with Gasteiger partial charge in [-0.05, 0) is 25.0 Å². The fraction of sp³-hybridized carbons (Fsp3) is 0.562. The van der Waals surface area contributed by atoms with E-state index >= 15 is 0 Å². The molecule has 0 saturated carbocycles. The number of ether oxygens (including phenoxy) is 1. The van der Waals surface area contributed by atoms with Crippen LogP contribution in [0.2, 0.25) is 0 Å². The Bertz CT molecular complexity index is 377. The lowest BCUT2D eigenvalue weighted by atomic mass is 10.1. The summed E-state index contributed by atoms with van der Waals surface area (Å²) in [6.07, 6.45) is 6.15. The lowest BCUT2D eigenvalue weighted by Gasteiger charge is -2.10. The highest BCUT2D eigenvalue weighted by Gasteiger charge is 2.11. The van der Waals surface area contributed by atoms with E-state index in [1.165, 1.54) is 19.3 Å². The molecule has 106 valence electrons. The number of benzene rings is 1. The number of Topliss-reactive ketones (excluding diaryl/α,β-unsaturated/α-hetero) is 1. The Morgan fingerprint density at radius 1 is 1.16 bits per heavy atom. The van der Waals surface area contributed by atoms with Gasteiger partial charge in [0.1, 0.15) is 5.75 Å². The van der Waals surface area contributed by atoms with E-state index in [4.69, 9.17) is 4.74 Å². The summed E-state index contributed by atoms with van der Waals surface area (Å²) in [5.74, 6) is 0.905. The minimum Gasteiger partial charge on any atom is -0.493 e. The van der Waals surface area contributed by atoms with Gasteiger partial charge in [-0.15, -0.1) is 0 Å². The Hall–Kier alpha value is -0.830. The Morgan fingerprint density at radius 3 is 2.68 bits per heavy atom. The number of carbonyl (C=O) groups excluding carboxylic acids is 1. The van der Waals surface area contributed by atoms with Crippen LogP contribution in [0.1, 0.15) is 55.8 Å². The van der Waals surface area contributed by atoms with Crippen LogP contribution in [0.25, 0.3) is 0 Å². The molecule has 0 fully saturated rings. The number of halogens is 1. The second kappa shape index (κ2) is 10.0. The van der Waals surface area contributed by atoms with Crippen LogP contribution in [0.3, 0.4) is 0 Å². The summed E-state index contributed by atoms with van der Waals surface area (Å²) in [7, 11) is 0. The molecule has 0 amide bonds. The first kappa shape index (κ1) is 16.2. The highest BCUT2D eigenvalue weighted by atomic mass is 79.9. The predicted molar refractivity (Wildman–Crippen MR) is 83.4 cm³/mol. The van der Waals surface area contributed by atoms with Crippen molar-refractivity contribution in [2.45, 2.75) is 45.4 Å². The molecule has 0 unspecified atom stereocenters. The lowest BCUT2D eigenvalue weighted by molar-refractivity contribution is 0.0978.